The molecule has 25 heavy (non-hydrogen) atoms. The maximum absolute atomic E-state index is 12.2. The summed E-state index contributed by atoms with van der Waals surface area (Å²) in [7, 11) is 0. The maximum Gasteiger partial charge on any atom is 0.233 e. The minimum atomic E-state index is -0.449. The molecule has 2 aromatic rings. The van der Waals surface area contributed by atoms with Gasteiger partial charge in [0.2, 0.25) is 11.8 Å². The first kappa shape index (κ1) is 19.3. The lowest BCUT2D eigenvalue weighted by Crippen LogP contribution is -2.23. The van der Waals surface area contributed by atoms with E-state index < -0.39 is 5.91 Å². The van der Waals surface area contributed by atoms with Crippen LogP contribution in [0.2, 0.25) is 10.0 Å². The van der Waals surface area contributed by atoms with Gasteiger partial charge >= 0.3 is 0 Å². The lowest BCUT2D eigenvalue weighted by molar-refractivity contribution is -0.123. The molecule has 0 aliphatic carbocycles. The Kier molecular flexibility index (Phi) is 6.09. The van der Waals surface area contributed by atoms with Crippen LogP contribution in [-0.4, -0.2) is 11.8 Å². The molecule has 0 radical (unpaired) electrons. The van der Waals surface area contributed by atoms with Gasteiger partial charge in [0.15, 0.2) is 0 Å². The van der Waals surface area contributed by atoms with Crippen molar-refractivity contribution in [1.82, 2.24) is 0 Å². The molecule has 0 bridgehead atoms. The third-order valence-electron chi connectivity index (χ3n) is 3.54. The molecule has 0 saturated heterocycles. The highest BCUT2D eigenvalue weighted by atomic mass is 35.5. The molecule has 2 aromatic carbocycles. The SMILES string of the molecule is CC(C)(C)c1ccccc1NC(=O)CC(=O)Nc1ccc(Cl)cc1Cl. The van der Waals surface area contributed by atoms with Gasteiger partial charge in [-0.2, -0.15) is 0 Å². The number of anilines is 2. The first-order valence-electron chi connectivity index (χ1n) is 7.81. The highest BCUT2D eigenvalue weighted by molar-refractivity contribution is 6.36. The highest BCUT2D eigenvalue weighted by Crippen LogP contribution is 2.29. The van der Waals surface area contributed by atoms with E-state index in [2.05, 4.69) is 31.4 Å². The molecule has 2 amide bonds. The first-order valence-corrected chi connectivity index (χ1v) is 8.56. The van der Waals surface area contributed by atoms with Crippen LogP contribution in [0.15, 0.2) is 42.5 Å². The number of para-hydroxylation sites is 1. The number of hydrogen-bond acceptors (Lipinski definition) is 2. The summed E-state index contributed by atoms with van der Waals surface area (Å²) in [6.45, 7) is 6.19. The Morgan fingerprint density at radius 1 is 0.920 bits per heavy atom. The van der Waals surface area contributed by atoms with E-state index in [9.17, 15) is 9.59 Å². The number of nitrogens with one attached hydrogen (secondary N) is 2. The molecule has 0 aliphatic heterocycles. The Bertz CT molecular complexity index is 798. The third-order valence-corrected chi connectivity index (χ3v) is 4.08. The van der Waals surface area contributed by atoms with E-state index in [0.717, 1.165) is 5.56 Å². The number of amides is 2. The zero-order valence-electron chi connectivity index (χ0n) is 14.3. The Morgan fingerprint density at radius 2 is 1.52 bits per heavy atom. The van der Waals surface area contributed by atoms with Crippen molar-refractivity contribution in [2.45, 2.75) is 32.6 Å². The Labute approximate surface area is 157 Å². The Morgan fingerprint density at radius 3 is 2.12 bits per heavy atom. The summed E-state index contributed by atoms with van der Waals surface area (Å²) >= 11 is 11.8. The molecule has 4 nitrogen and oxygen atoms in total. The number of halogens is 2. The molecule has 2 N–H and O–H groups in total. The first-order chi connectivity index (χ1) is 11.7. The van der Waals surface area contributed by atoms with Gasteiger partial charge in [-0.15, -0.1) is 0 Å². The summed E-state index contributed by atoms with van der Waals surface area (Å²) in [6.07, 6.45) is -0.308. The van der Waals surface area contributed by atoms with Crippen molar-refractivity contribution in [2.75, 3.05) is 10.6 Å². The maximum atomic E-state index is 12.2. The quantitative estimate of drug-likeness (QED) is 0.712. The molecular formula is C19H20Cl2N2O2. The summed E-state index contributed by atoms with van der Waals surface area (Å²) in [5, 5.41) is 6.20. The largest absolute Gasteiger partial charge is 0.325 e. The van der Waals surface area contributed by atoms with Gasteiger partial charge in [0, 0.05) is 10.7 Å². The van der Waals surface area contributed by atoms with Crippen LogP contribution >= 0.6 is 23.2 Å². The van der Waals surface area contributed by atoms with Gasteiger partial charge in [-0.05, 0) is 35.2 Å². The zero-order valence-corrected chi connectivity index (χ0v) is 15.8. The van der Waals surface area contributed by atoms with Crippen LogP contribution in [0.3, 0.4) is 0 Å². The van der Waals surface area contributed by atoms with Crippen LogP contribution in [0.4, 0.5) is 11.4 Å². The monoisotopic (exact) mass is 378 g/mol. The fourth-order valence-corrected chi connectivity index (χ4v) is 2.83. The van der Waals surface area contributed by atoms with Crippen LogP contribution in [0.5, 0.6) is 0 Å². The predicted molar refractivity (Wildman–Crippen MR) is 103 cm³/mol. The molecule has 0 atom stereocenters. The van der Waals surface area contributed by atoms with E-state index in [-0.39, 0.29) is 17.7 Å². The molecule has 0 unspecified atom stereocenters. The average Bonchev–Trinajstić information content (AvgIpc) is 2.49. The van der Waals surface area contributed by atoms with Gasteiger partial charge in [-0.3, -0.25) is 9.59 Å². The second-order valence-electron chi connectivity index (χ2n) is 6.69. The van der Waals surface area contributed by atoms with Crippen LogP contribution in [0, 0.1) is 0 Å². The van der Waals surface area contributed by atoms with Crippen molar-refractivity contribution in [2.24, 2.45) is 0 Å². The highest BCUT2D eigenvalue weighted by Gasteiger charge is 2.19. The molecule has 0 spiro atoms. The number of rotatable bonds is 4. The lowest BCUT2D eigenvalue weighted by atomic mass is 9.86. The van der Waals surface area contributed by atoms with E-state index >= 15 is 0 Å². The molecule has 2 rings (SSSR count). The molecule has 0 fully saturated rings. The van der Waals surface area contributed by atoms with Gasteiger partial charge in [0.25, 0.3) is 0 Å². The number of benzene rings is 2. The molecule has 132 valence electrons. The zero-order chi connectivity index (χ0) is 18.6. The van der Waals surface area contributed by atoms with E-state index in [0.29, 0.717) is 21.4 Å². The summed E-state index contributed by atoms with van der Waals surface area (Å²) in [5.74, 6) is -0.839. The fourth-order valence-electron chi connectivity index (χ4n) is 2.37. The normalized spacial score (nSPS) is 11.1. The predicted octanol–water partition coefficient (Wildman–Crippen LogP) is 5.26. The van der Waals surface area contributed by atoms with Crippen LogP contribution < -0.4 is 10.6 Å². The van der Waals surface area contributed by atoms with Gasteiger partial charge in [-0.25, -0.2) is 0 Å². The molecular weight excluding hydrogens is 359 g/mol. The summed E-state index contributed by atoms with van der Waals surface area (Å²) < 4.78 is 0. The topological polar surface area (TPSA) is 58.2 Å². The van der Waals surface area contributed by atoms with Crippen LogP contribution in [0.1, 0.15) is 32.8 Å². The second kappa shape index (κ2) is 7.89. The Hall–Kier alpha value is -2.04. The number of carbonyl (C=O) groups excluding carboxylic acids is 2. The van der Waals surface area contributed by atoms with Crippen molar-refractivity contribution in [1.29, 1.82) is 0 Å². The van der Waals surface area contributed by atoms with Crippen molar-refractivity contribution in [3.8, 4) is 0 Å². The summed E-state index contributed by atoms with van der Waals surface area (Å²) in [4.78, 5) is 24.3. The fraction of sp³-hybridized carbons (Fsp3) is 0.263. The van der Waals surface area contributed by atoms with E-state index in [1.807, 2.05) is 24.3 Å². The lowest BCUT2D eigenvalue weighted by Gasteiger charge is -2.23. The molecule has 0 saturated carbocycles. The van der Waals surface area contributed by atoms with Gasteiger partial charge in [-0.1, -0.05) is 62.2 Å². The second-order valence-corrected chi connectivity index (χ2v) is 7.54. The van der Waals surface area contributed by atoms with Crippen LogP contribution in [0.25, 0.3) is 0 Å². The number of carbonyl (C=O) groups is 2. The smallest absolute Gasteiger partial charge is 0.233 e. The summed E-state index contributed by atoms with van der Waals surface area (Å²) in [6, 6.07) is 12.3. The van der Waals surface area contributed by atoms with Crippen molar-refractivity contribution in [3.63, 3.8) is 0 Å². The van der Waals surface area contributed by atoms with E-state index in [4.69, 9.17) is 23.2 Å². The minimum Gasteiger partial charge on any atom is -0.325 e. The van der Waals surface area contributed by atoms with Crippen molar-refractivity contribution < 1.29 is 9.59 Å². The van der Waals surface area contributed by atoms with Gasteiger partial charge < -0.3 is 10.6 Å². The molecule has 0 aromatic heterocycles. The standard InChI is InChI=1S/C19H20Cl2N2O2/c1-19(2,3)13-6-4-5-7-15(13)22-17(24)11-18(25)23-16-9-8-12(20)10-14(16)21/h4-10H,11H2,1-3H3,(H,22,24)(H,23,25). The van der Waals surface area contributed by atoms with E-state index in [1.165, 1.54) is 6.07 Å². The Balaban J connectivity index is 2.02. The van der Waals surface area contributed by atoms with Gasteiger partial charge in [0.05, 0.1) is 10.7 Å². The third kappa shape index (κ3) is 5.48. The molecule has 6 heteroatoms. The number of hydrogen-bond donors (Lipinski definition) is 2. The molecule has 0 heterocycles. The minimum absolute atomic E-state index is 0.122. The summed E-state index contributed by atoms with van der Waals surface area (Å²) in [5.41, 5.74) is 2.00. The van der Waals surface area contributed by atoms with Gasteiger partial charge in [0.1, 0.15) is 6.42 Å². The van der Waals surface area contributed by atoms with Crippen LogP contribution in [-0.2, 0) is 15.0 Å². The average molecular weight is 379 g/mol. The molecule has 0 aliphatic rings. The van der Waals surface area contributed by atoms with E-state index in [1.54, 1.807) is 12.1 Å². The van der Waals surface area contributed by atoms with Crippen molar-refractivity contribution >= 4 is 46.4 Å². The van der Waals surface area contributed by atoms with Crippen molar-refractivity contribution in [3.05, 3.63) is 58.1 Å².